The van der Waals surface area contributed by atoms with Crippen LogP contribution in [0.25, 0.3) is 10.2 Å². The van der Waals surface area contributed by atoms with Crippen LogP contribution in [-0.2, 0) is 6.54 Å². The Bertz CT molecular complexity index is 673. The summed E-state index contributed by atoms with van der Waals surface area (Å²) < 4.78 is 2.78. The lowest BCUT2D eigenvalue weighted by molar-refractivity contribution is 0.680. The Morgan fingerprint density at radius 2 is 2.24 bits per heavy atom. The zero-order valence-corrected chi connectivity index (χ0v) is 9.55. The summed E-state index contributed by atoms with van der Waals surface area (Å²) in [6.45, 7) is 0.550. The number of rotatable bonds is 2. The van der Waals surface area contributed by atoms with Crippen LogP contribution < -0.4 is 0 Å². The minimum atomic E-state index is 0.186. The van der Waals surface area contributed by atoms with Crippen molar-refractivity contribution in [3.8, 4) is 6.07 Å². The third kappa shape index (κ3) is 1.88. The van der Waals surface area contributed by atoms with E-state index >= 15 is 0 Å². The largest absolute Gasteiger partial charge is 0.252 e. The molecule has 6 heteroatoms. The minimum Gasteiger partial charge on any atom is -0.245 e. The molecule has 82 valence electrons. The molecule has 0 saturated heterocycles. The molecule has 0 unspecified atom stereocenters. The number of nitrogens with zero attached hydrogens (tertiary/aromatic N) is 5. The number of nitriles is 1. The predicted molar refractivity (Wildman–Crippen MR) is 63.5 cm³/mol. The highest BCUT2D eigenvalue weighted by molar-refractivity contribution is 7.18. The van der Waals surface area contributed by atoms with Gasteiger partial charge in [-0.25, -0.2) is 14.6 Å². The third-order valence-electron chi connectivity index (χ3n) is 2.27. The number of thiazole rings is 1. The molecular formula is C11H7N5S. The molecule has 2 aromatic heterocycles. The Balaban J connectivity index is 1.92. The van der Waals surface area contributed by atoms with E-state index in [1.807, 2.05) is 30.3 Å². The lowest BCUT2D eigenvalue weighted by Crippen LogP contribution is -1.99. The molecule has 0 aliphatic carbocycles. The zero-order chi connectivity index (χ0) is 11.7. The molecule has 3 aromatic rings. The Morgan fingerprint density at radius 1 is 1.35 bits per heavy atom. The van der Waals surface area contributed by atoms with Crippen molar-refractivity contribution >= 4 is 21.6 Å². The number of aromatic nitrogens is 4. The van der Waals surface area contributed by atoms with Crippen LogP contribution in [0.5, 0.6) is 0 Å². The third-order valence-corrected chi connectivity index (χ3v) is 3.29. The summed E-state index contributed by atoms with van der Waals surface area (Å²) in [7, 11) is 0. The zero-order valence-electron chi connectivity index (χ0n) is 8.74. The molecule has 0 spiro atoms. The van der Waals surface area contributed by atoms with E-state index in [4.69, 9.17) is 5.26 Å². The second kappa shape index (κ2) is 3.96. The molecule has 3 rings (SSSR count). The van der Waals surface area contributed by atoms with Crippen LogP contribution in [-0.4, -0.2) is 19.7 Å². The fourth-order valence-corrected chi connectivity index (χ4v) is 2.51. The number of benzene rings is 1. The average molecular weight is 241 g/mol. The fraction of sp³-hybridized carbons (Fsp3) is 0.0909. The first-order valence-electron chi connectivity index (χ1n) is 4.99. The van der Waals surface area contributed by atoms with Crippen molar-refractivity contribution in [1.29, 1.82) is 5.26 Å². The highest BCUT2D eigenvalue weighted by Crippen LogP contribution is 2.21. The first kappa shape index (κ1) is 9.93. The lowest BCUT2D eigenvalue weighted by atomic mass is 10.3. The van der Waals surface area contributed by atoms with Crippen LogP contribution in [0.1, 0.15) is 10.8 Å². The molecule has 0 saturated carbocycles. The van der Waals surface area contributed by atoms with Gasteiger partial charge >= 0.3 is 0 Å². The van der Waals surface area contributed by atoms with Crippen LogP contribution in [0.3, 0.4) is 0 Å². The molecule has 0 fully saturated rings. The number of hydrogen-bond donors (Lipinski definition) is 0. The van der Waals surface area contributed by atoms with Crippen LogP contribution >= 0.6 is 11.3 Å². The second-order valence-corrected chi connectivity index (χ2v) is 4.57. The molecule has 5 nitrogen and oxygen atoms in total. The second-order valence-electron chi connectivity index (χ2n) is 3.45. The Hall–Kier alpha value is -2.26. The van der Waals surface area contributed by atoms with E-state index in [1.54, 1.807) is 22.3 Å². The molecule has 0 amide bonds. The molecule has 0 aliphatic rings. The van der Waals surface area contributed by atoms with Gasteiger partial charge in [0.1, 0.15) is 17.4 Å². The maximum Gasteiger partial charge on any atom is 0.252 e. The summed E-state index contributed by atoms with van der Waals surface area (Å²) in [6.07, 6.45) is 1.55. The van der Waals surface area contributed by atoms with E-state index < -0.39 is 0 Å². The van der Waals surface area contributed by atoms with E-state index in [2.05, 4.69) is 15.1 Å². The van der Waals surface area contributed by atoms with Gasteiger partial charge < -0.3 is 0 Å². The van der Waals surface area contributed by atoms with Crippen molar-refractivity contribution in [2.75, 3.05) is 0 Å². The molecule has 1 aromatic carbocycles. The van der Waals surface area contributed by atoms with Gasteiger partial charge in [-0.05, 0) is 12.1 Å². The molecule has 0 radical (unpaired) electrons. The van der Waals surface area contributed by atoms with Crippen LogP contribution in [0, 0.1) is 11.3 Å². The maximum absolute atomic E-state index is 8.63. The van der Waals surface area contributed by atoms with E-state index in [0.717, 1.165) is 15.2 Å². The predicted octanol–water partition coefficient (Wildman–Crippen LogP) is 1.81. The molecule has 17 heavy (non-hydrogen) atoms. The van der Waals surface area contributed by atoms with Gasteiger partial charge in [-0.1, -0.05) is 12.1 Å². The highest BCUT2D eigenvalue weighted by Gasteiger charge is 2.05. The van der Waals surface area contributed by atoms with Gasteiger partial charge in [0.2, 0.25) is 0 Å². The topological polar surface area (TPSA) is 67.4 Å². The van der Waals surface area contributed by atoms with Crippen molar-refractivity contribution in [3.63, 3.8) is 0 Å². The fourth-order valence-electron chi connectivity index (χ4n) is 1.55. The van der Waals surface area contributed by atoms with E-state index in [0.29, 0.717) is 6.54 Å². The van der Waals surface area contributed by atoms with Crippen molar-refractivity contribution in [3.05, 3.63) is 41.4 Å². The van der Waals surface area contributed by atoms with Crippen molar-refractivity contribution in [1.82, 2.24) is 19.7 Å². The van der Waals surface area contributed by atoms with Crippen LogP contribution in [0.15, 0.2) is 30.6 Å². The molecule has 0 N–H and O–H groups in total. The Kier molecular flexibility index (Phi) is 2.31. The summed E-state index contributed by atoms with van der Waals surface area (Å²) in [5.74, 6) is 0.186. The summed E-state index contributed by atoms with van der Waals surface area (Å²) in [5, 5.41) is 13.6. The molecule has 2 heterocycles. The SMILES string of the molecule is N#Cc1ncn(Cc2nc3ccccc3s2)n1. The molecule has 0 atom stereocenters. The first-order chi connectivity index (χ1) is 8.35. The van der Waals surface area contributed by atoms with Crippen LogP contribution in [0.4, 0.5) is 0 Å². The summed E-state index contributed by atoms with van der Waals surface area (Å²) in [4.78, 5) is 8.34. The number of fused-ring (bicyclic) bond motifs is 1. The summed E-state index contributed by atoms with van der Waals surface area (Å²) in [5.41, 5.74) is 0.994. The monoisotopic (exact) mass is 241 g/mol. The van der Waals surface area contributed by atoms with E-state index in [-0.39, 0.29) is 5.82 Å². The van der Waals surface area contributed by atoms with E-state index in [9.17, 15) is 0 Å². The highest BCUT2D eigenvalue weighted by atomic mass is 32.1. The summed E-state index contributed by atoms with van der Waals surface area (Å²) >= 11 is 1.63. The van der Waals surface area contributed by atoms with E-state index in [1.165, 1.54) is 0 Å². The smallest absolute Gasteiger partial charge is 0.245 e. The molecular weight excluding hydrogens is 234 g/mol. The average Bonchev–Trinajstić information content (AvgIpc) is 2.94. The minimum absolute atomic E-state index is 0.186. The van der Waals surface area contributed by atoms with Gasteiger partial charge in [0.15, 0.2) is 0 Å². The maximum atomic E-state index is 8.63. The lowest BCUT2D eigenvalue weighted by Gasteiger charge is -1.93. The van der Waals surface area contributed by atoms with Gasteiger partial charge in [-0.3, -0.25) is 0 Å². The number of hydrogen-bond acceptors (Lipinski definition) is 5. The van der Waals surface area contributed by atoms with Gasteiger partial charge in [0.25, 0.3) is 5.82 Å². The Morgan fingerprint density at radius 3 is 3.00 bits per heavy atom. The number of para-hydroxylation sites is 1. The first-order valence-corrected chi connectivity index (χ1v) is 5.81. The van der Waals surface area contributed by atoms with Crippen molar-refractivity contribution in [2.45, 2.75) is 6.54 Å². The quantitative estimate of drug-likeness (QED) is 0.686. The molecule has 0 aliphatic heterocycles. The van der Waals surface area contributed by atoms with Gasteiger partial charge in [0.05, 0.1) is 16.8 Å². The normalized spacial score (nSPS) is 10.5. The summed E-state index contributed by atoms with van der Waals surface area (Å²) in [6, 6.07) is 9.88. The Labute approximate surface area is 101 Å². The standard InChI is InChI=1S/C11H7N5S/c12-5-10-13-7-16(15-10)6-11-14-8-3-1-2-4-9(8)17-11/h1-4,7H,6H2. The van der Waals surface area contributed by atoms with Gasteiger partial charge in [-0.2, -0.15) is 5.26 Å². The van der Waals surface area contributed by atoms with Crippen molar-refractivity contribution in [2.24, 2.45) is 0 Å². The van der Waals surface area contributed by atoms with Gasteiger partial charge in [0, 0.05) is 0 Å². The van der Waals surface area contributed by atoms with Crippen LogP contribution in [0.2, 0.25) is 0 Å². The van der Waals surface area contributed by atoms with Crippen molar-refractivity contribution < 1.29 is 0 Å². The van der Waals surface area contributed by atoms with Gasteiger partial charge in [-0.15, -0.1) is 16.4 Å². The molecule has 0 bridgehead atoms.